The molecular formula is C32H38N2. The van der Waals surface area contributed by atoms with Crippen LogP contribution in [0, 0.1) is 0 Å². The van der Waals surface area contributed by atoms with Crippen LogP contribution < -0.4 is 11.5 Å². The van der Waals surface area contributed by atoms with E-state index in [9.17, 15) is 0 Å². The van der Waals surface area contributed by atoms with Crippen molar-refractivity contribution in [1.82, 2.24) is 0 Å². The molecule has 0 saturated heterocycles. The summed E-state index contributed by atoms with van der Waals surface area (Å²) in [6.45, 7) is 4.45. The third-order valence-corrected chi connectivity index (χ3v) is 7.03. The van der Waals surface area contributed by atoms with Gasteiger partial charge in [0.25, 0.3) is 0 Å². The molecule has 0 heterocycles. The Morgan fingerprint density at radius 1 is 0.529 bits per heavy atom. The lowest BCUT2D eigenvalue weighted by Gasteiger charge is -2.28. The van der Waals surface area contributed by atoms with E-state index in [-0.39, 0.29) is 0 Å². The Balaban J connectivity index is 1.46. The van der Waals surface area contributed by atoms with Crippen LogP contribution in [0.15, 0.2) is 108 Å². The van der Waals surface area contributed by atoms with Crippen LogP contribution in [0.1, 0.15) is 61.8 Å². The van der Waals surface area contributed by atoms with E-state index in [4.69, 9.17) is 11.5 Å². The molecule has 0 aliphatic heterocycles. The van der Waals surface area contributed by atoms with Gasteiger partial charge in [-0.05, 0) is 59.1 Å². The molecule has 4 rings (SSSR count). The standard InChI is InChI=1S/C32H38N2/c1-3-5-7-25-9-13-29(14-10-25)31(33)21-17-27(18-22-31)28-19-23-32(34,24-20-28)30-15-11-26(12-16-30)8-6-4-2/h9-24H,3-8,33-34H2,1-2H3. The van der Waals surface area contributed by atoms with Crippen molar-refractivity contribution in [3.63, 3.8) is 0 Å². The third kappa shape index (κ3) is 5.41. The first-order valence-electron chi connectivity index (χ1n) is 12.7. The van der Waals surface area contributed by atoms with Crippen molar-refractivity contribution >= 4 is 0 Å². The molecule has 4 N–H and O–H groups in total. The first-order chi connectivity index (χ1) is 16.5. The molecule has 176 valence electrons. The number of unbranched alkanes of at least 4 members (excludes halogenated alkanes) is 2. The van der Waals surface area contributed by atoms with Crippen molar-refractivity contribution < 1.29 is 0 Å². The second-order valence-corrected chi connectivity index (χ2v) is 9.71. The summed E-state index contributed by atoms with van der Waals surface area (Å²) in [5.74, 6) is 0. The van der Waals surface area contributed by atoms with E-state index in [2.05, 4.69) is 111 Å². The van der Waals surface area contributed by atoms with Gasteiger partial charge in [-0.15, -0.1) is 0 Å². The van der Waals surface area contributed by atoms with E-state index < -0.39 is 11.1 Å². The molecule has 2 aliphatic rings. The minimum Gasteiger partial charge on any atom is -0.315 e. The average Bonchev–Trinajstić information content (AvgIpc) is 2.88. The van der Waals surface area contributed by atoms with E-state index in [1.54, 1.807) is 0 Å². The molecule has 0 amide bonds. The normalized spacial score (nSPS) is 23.6. The van der Waals surface area contributed by atoms with Crippen molar-refractivity contribution in [3.8, 4) is 0 Å². The molecule has 34 heavy (non-hydrogen) atoms. The number of hydrogen-bond donors (Lipinski definition) is 2. The van der Waals surface area contributed by atoms with Crippen LogP contribution in [0.5, 0.6) is 0 Å². The highest BCUT2D eigenvalue weighted by Crippen LogP contribution is 2.32. The second-order valence-electron chi connectivity index (χ2n) is 9.71. The van der Waals surface area contributed by atoms with Crippen molar-refractivity contribution in [2.45, 2.75) is 63.5 Å². The zero-order valence-corrected chi connectivity index (χ0v) is 20.6. The Morgan fingerprint density at radius 3 is 1.15 bits per heavy atom. The van der Waals surface area contributed by atoms with Crippen LogP contribution in [0.3, 0.4) is 0 Å². The topological polar surface area (TPSA) is 52.0 Å². The zero-order chi connectivity index (χ0) is 24.0. The van der Waals surface area contributed by atoms with Crippen LogP contribution in [-0.4, -0.2) is 0 Å². The third-order valence-electron chi connectivity index (χ3n) is 7.03. The van der Waals surface area contributed by atoms with Gasteiger partial charge in [-0.25, -0.2) is 0 Å². The number of aryl methyl sites for hydroxylation is 2. The van der Waals surface area contributed by atoms with Gasteiger partial charge in [-0.2, -0.15) is 0 Å². The van der Waals surface area contributed by atoms with Gasteiger partial charge < -0.3 is 11.5 Å². The summed E-state index contributed by atoms with van der Waals surface area (Å²) in [5.41, 5.74) is 19.6. The number of allylic oxidation sites excluding steroid dienone is 6. The molecule has 0 fully saturated rings. The molecule has 0 saturated carbocycles. The molecular weight excluding hydrogens is 412 g/mol. The van der Waals surface area contributed by atoms with Crippen molar-refractivity contribution in [2.24, 2.45) is 11.5 Å². The van der Waals surface area contributed by atoms with Gasteiger partial charge in [-0.3, -0.25) is 0 Å². The number of hydrogen-bond acceptors (Lipinski definition) is 2. The summed E-state index contributed by atoms with van der Waals surface area (Å²) in [6, 6.07) is 17.5. The molecule has 2 nitrogen and oxygen atoms in total. The minimum absolute atomic E-state index is 0.577. The molecule has 0 unspecified atom stereocenters. The molecule has 0 aromatic heterocycles. The van der Waals surface area contributed by atoms with Crippen LogP contribution in [0.2, 0.25) is 0 Å². The first-order valence-corrected chi connectivity index (χ1v) is 12.7. The zero-order valence-electron chi connectivity index (χ0n) is 20.6. The van der Waals surface area contributed by atoms with Crippen molar-refractivity contribution in [1.29, 1.82) is 0 Å². The molecule has 0 radical (unpaired) electrons. The maximum atomic E-state index is 6.73. The Kier molecular flexibility index (Phi) is 7.50. The largest absolute Gasteiger partial charge is 0.315 e. The fourth-order valence-corrected chi connectivity index (χ4v) is 4.58. The first kappa shape index (κ1) is 24.2. The van der Waals surface area contributed by atoms with Crippen molar-refractivity contribution in [3.05, 3.63) is 131 Å². The summed E-state index contributed by atoms with van der Waals surface area (Å²) >= 11 is 0. The summed E-state index contributed by atoms with van der Waals surface area (Å²) in [6.07, 6.45) is 24.0. The van der Waals surface area contributed by atoms with E-state index in [0.29, 0.717) is 0 Å². The van der Waals surface area contributed by atoms with Gasteiger partial charge in [0.1, 0.15) is 0 Å². The minimum atomic E-state index is -0.577. The van der Waals surface area contributed by atoms with Crippen LogP contribution in [0.4, 0.5) is 0 Å². The van der Waals surface area contributed by atoms with Gasteiger partial charge in [0, 0.05) is 0 Å². The van der Waals surface area contributed by atoms with E-state index in [1.807, 2.05) is 0 Å². The van der Waals surface area contributed by atoms with Gasteiger partial charge in [0.05, 0.1) is 11.1 Å². The highest BCUT2D eigenvalue weighted by Gasteiger charge is 2.26. The lowest BCUT2D eigenvalue weighted by molar-refractivity contribution is 0.701. The SMILES string of the molecule is CCCCc1ccc(C2(N)C=CC(=C3C=CC(N)(c4ccc(CCCC)cc4)C=C3)C=C2)cc1. The summed E-state index contributed by atoms with van der Waals surface area (Å²) in [4.78, 5) is 0. The predicted molar refractivity (Wildman–Crippen MR) is 145 cm³/mol. The number of rotatable bonds is 8. The Labute approximate surface area is 205 Å². The van der Waals surface area contributed by atoms with Crippen LogP contribution in [0.25, 0.3) is 0 Å². The highest BCUT2D eigenvalue weighted by atomic mass is 14.7. The molecule has 0 atom stereocenters. The molecule has 2 aliphatic carbocycles. The summed E-state index contributed by atoms with van der Waals surface area (Å²) in [5, 5.41) is 0. The number of nitrogens with two attached hydrogens (primary N) is 2. The van der Waals surface area contributed by atoms with Gasteiger partial charge in [0.2, 0.25) is 0 Å². The fourth-order valence-electron chi connectivity index (χ4n) is 4.58. The van der Waals surface area contributed by atoms with Crippen LogP contribution in [-0.2, 0) is 23.9 Å². The highest BCUT2D eigenvalue weighted by molar-refractivity contribution is 5.56. The second kappa shape index (κ2) is 10.5. The van der Waals surface area contributed by atoms with Crippen LogP contribution >= 0.6 is 0 Å². The quantitative estimate of drug-likeness (QED) is 0.458. The van der Waals surface area contributed by atoms with E-state index >= 15 is 0 Å². The number of benzene rings is 2. The lowest BCUT2D eigenvalue weighted by atomic mass is 9.82. The summed E-state index contributed by atoms with van der Waals surface area (Å²) in [7, 11) is 0. The maximum absolute atomic E-state index is 6.73. The Morgan fingerprint density at radius 2 is 0.853 bits per heavy atom. The molecule has 2 heteroatoms. The summed E-state index contributed by atoms with van der Waals surface area (Å²) < 4.78 is 0. The predicted octanol–water partition coefficient (Wildman–Crippen LogP) is 6.93. The Bertz CT molecular complexity index is 1000. The van der Waals surface area contributed by atoms with Gasteiger partial charge >= 0.3 is 0 Å². The van der Waals surface area contributed by atoms with E-state index in [0.717, 1.165) is 35.1 Å². The molecule has 0 bridgehead atoms. The smallest absolute Gasteiger partial charge is 0.0788 e. The monoisotopic (exact) mass is 450 g/mol. The van der Waals surface area contributed by atoms with Crippen molar-refractivity contribution in [2.75, 3.05) is 0 Å². The van der Waals surface area contributed by atoms with Gasteiger partial charge in [0.15, 0.2) is 0 Å². The molecule has 2 aromatic carbocycles. The fraction of sp³-hybridized carbons (Fsp3) is 0.312. The van der Waals surface area contributed by atoms with Gasteiger partial charge in [-0.1, -0.05) is 124 Å². The molecule has 0 spiro atoms. The van der Waals surface area contributed by atoms with E-state index in [1.165, 1.54) is 36.8 Å². The average molecular weight is 451 g/mol. The molecule has 2 aromatic rings. The Hall–Kier alpha value is -2.94. The lowest BCUT2D eigenvalue weighted by Crippen LogP contribution is -2.34. The maximum Gasteiger partial charge on any atom is 0.0788 e.